The van der Waals surface area contributed by atoms with E-state index in [0.717, 1.165) is 36.8 Å². The number of carboxylic acid groups (broad SMARTS) is 2. The number of carboxylic acids is 2. The molecule has 2 N–H and O–H groups in total. The first-order valence-corrected chi connectivity index (χ1v) is 11.1. The Morgan fingerprint density at radius 2 is 1.47 bits per heavy atom. The molecule has 32 heavy (non-hydrogen) atoms. The van der Waals surface area contributed by atoms with Crippen molar-refractivity contribution >= 4 is 23.5 Å². The molecule has 1 aliphatic heterocycles. The largest absolute Gasteiger partial charge is 0.478 e. The van der Waals surface area contributed by atoms with Crippen LogP contribution in [-0.2, 0) is 9.59 Å². The van der Waals surface area contributed by atoms with E-state index in [1.54, 1.807) is 0 Å². The highest BCUT2D eigenvalue weighted by Crippen LogP contribution is 2.27. The number of likely N-dealkylation sites (N-methyl/N-ethyl adjacent to an activating group) is 1. The minimum absolute atomic E-state index is 0.149. The molecule has 1 saturated carbocycles. The lowest BCUT2D eigenvalue weighted by atomic mass is 9.94. The van der Waals surface area contributed by atoms with Crippen molar-refractivity contribution in [3.8, 4) is 0 Å². The molecular weight excluding hydrogens is 410 g/mol. The fourth-order valence-corrected chi connectivity index (χ4v) is 4.28. The average Bonchev–Trinajstić information content (AvgIpc) is 3.28. The number of amides is 1. The number of hydrogen-bond donors (Lipinski definition) is 2. The van der Waals surface area contributed by atoms with Crippen molar-refractivity contribution in [3.05, 3.63) is 42.0 Å². The number of carbonyl (C=O) groups is 3. The van der Waals surface area contributed by atoms with Gasteiger partial charge >= 0.3 is 11.9 Å². The van der Waals surface area contributed by atoms with Crippen LogP contribution in [0.1, 0.15) is 48.9 Å². The molecule has 0 spiro atoms. The van der Waals surface area contributed by atoms with Gasteiger partial charge in [0.05, 0.1) is 0 Å². The first kappa shape index (κ1) is 25.4. The smallest absolute Gasteiger partial charge is 0.328 e. The number of nitrogens with zero attached hydrogens (tertiary/aromatic N) is 3. The van der Waals surface area contributed by atoms with Crippen molar-refractivity contribution in [1.82, 2.24) is 9.80 Å². The van der Waals surface area contributed by atoms with Gasteiger partial charge in [0.25, 0.3) is 5.91 Å². The van der Waals surface area contributed by atoms with Gasteiger partial charge in [0.2, 0.25) is 0 Å². The second kappa shape index (κ2) is 12.2. The molecule has 2 aliphatic rings. The Balaban J connectivity index is 0.000000390. The van der Waals surface area contributed by atoms with Crippen LogP contribution in [0.25, 0.3) is 0 Å². The maximum atomic E-state index is 12.8. The monoisotopic (exact) mass is 445 g/mol. The average molecular weight is 446 g/mol. The van der Waals surface area contributed by atoms with Gasteiger partial charge in [0.15, 0.2) is 0 Å². The minimum Gasteiger partial charge on any atom is -0.478 e. The fraction of sp³-hybridized carbons (Fsp3) is 0.542. The Morgan fingerprint density at radius 3 is 1.97 bits per heavy atom. The van der Waals surface area contributed by atoms with Gasteiger partial charge in [-0.05, 0) is 43.5 Å². The van der Waals surface area contributed by atoms with E-state index in [0.29, 0.717) is 18.2 Å². The second-order valence-corrected chi connectivity index (χ2v) is 8.60. The van der Waals surface area contributed by atoms with Crippen LogP contribution in [0.2, 0.25) is 0 Å². The molecule has 3 rings (SSSR count). The quantitative estimate of drug-likeness (QED) is 0.649. The minimum atomic E-state index is -1.26. The first-order chi connectivity index (χ1) is 15.2. The van der Waals surface area contributed by atoms with Crippen LogP contribution >= 0.6 is 0 Å². The summed E-state index contributed by atoms with van der Waals surface area (Å²) in [5, 5.41) is 15.6. The van der Waals surface area contributed by atoms with E-state index >= 15 is 0 Å². The van der Waals surface area contributed by atoms with Crippen molar-refractivity contribution in [1.29, 1.82) is 0 Å². The number of rotatable bonds is 6. The summed E-state index contributed by atoms with van der Waals surface area (Å²) in [6, 6.07) is 9.04. The number of likely N-dealkylation sites (tertiary alicyclic amines) is 1. The molecule has 1 saturated heterocycles. The predicted octanol–water partition coefficient (Wildman–Crippen LogP) is 2.94. The van der Waals surface area contributed by atoms with Gasteiger partial charge < -0.3 is 20.0 Å². The van der Waals surface area contributed by atoms with E-state index in [4.69, 9.17) is 10.2 Å². The molecule has 1 atom stereocenters. The normalized spacial score (nSPS) is 19.3. The summed E-state index contributed by atoms with van der Waals surface area (Å²) >= 11 is 0. The van der Waals surface area contributed by atoms with Crippen LogP contribution in [0.3, 0.4) is 0 Å². The number of anilines is 1. The van der Waals surface area contributed by atoms with E-state index in [9.17, 15) is 14.4 Å². The highest BCUT2D eigenvalue weighted by atomic mass is 16.4. The first-order valence-electron chi connectivity index (χ1n) is 11.1. The van der Waals surface area contributed by atoms with Gasteiger partial charge in [-0.1, -0.05) is 19.3 Å². The van der Waals surface area contributed by atoms with E-state index < -0.39 is 11.9 Å². The van der Waals surface area contributed by atoms with Crippen molar-refractivity contribution in [2.45, 2.75) is 50.6 Å². The van der Waals surface area contributed by atoms with E-state index in [1.165, 1.54) is 32.1 Å². The van der Waals surface area contributed by atoms with Gasteiger partial charge in [-0.15, -0.1) is 0 Å². The van der Waals surface area contributed by atoms with Gasteiger partial charge in [-0.25, -0.2) is 9.59 Å². The molecule has 8 heteroatoms. The third kappa shape index (κ3) is 7.67. The van der Waals surface area contributed by atoms with E-state index in [2.05, 4.69) is 9.80 Å². The molecule has 1 aromatic rings. The number of benzene rings is 1. The predicted molar refractivity (Wildman–Crippen MR) is 124 cm³/mol. The lowest BCUT2D eigenvalue weighted by Crippen LogP contribution is -2.41. The molecule has 1 aliphatic carbocycles. The molecule has 8 nitrogen and oxygen atoms in total. The van der Waals surface area contributed by atoms with E-state index in [-0.39, 0.29) is 5.91 Å². The van der Waals surface area contributed by atoms with Crippen molar-refractivity contribution in [2.75, 3.05) is 39.1 Å². The molecule has 2 fully saturated rings. The Labute approximate surface area is 190 Å². The van der Waals surface area contributed by atoms with Crippen molar-refractivity contribution in [2.24, 2.45) is 0 Å². The zero-order valence-electron chi connectivity index (χ0n) is 19.2. The summed E-state index contributed by atoms with van der Waals surface area (Å²) in [7, 11) is 6.00. The molecule has 1 unspecified atom stereocenters. The SMILES string of the molecule is CN(C)c1ccc(C(=O)N(C)C2CCN(C3CCCCC3)C2)cc1.O=C(O)C=CC(=O)O. The highest BCUT2D eigenvalue weighted by Gasteiger charge is 2.32. The summed E-state index contributed by atoms with van der Waals surface area (Å²) in [6.07, 6.45) is 9.05. The van der Waals surface area contributed by atoms with Crippen LogP contribution in [-0.4, -0.2) is 84.2 Å². The molecule has 0 aromatic heterocycles. The number of hydrogen-bond acceptors (Lipinski definition) is 5. The van der Waals surface area contributed by atoms with Gasteiger partial charge in [0, 0.05) is 69.7 Å². The fourth-order valence-electron chi connectivity index (χ4n) is 4.28. The summed E-state index contributed by atoms with van der Waals surface area (Å²) in [6.45, 7) is 2.19. The van der Waals surface area contributed by atoms with Gasteiger partial charge in [-0.2, -0.15) is 0 Å². The van der Waals surface area contributed by atoms with Crippen molar-refractivity contribution < 1.29 is 24.6 Å². The summed E-state index contributed by atoms with van der Waals surface area (Å²) < 4.78 is 0. The molecule has 176 valence electrons. The molecule has 0 radical (unpaired) electrons. The van der Waals surface area contributed by atoms with Crippen LogP contribution in [0, 0.1) is 0 Å². The Kier molecular flexibility index (Phi) is 9.71. The second-order valence-electron chi connectivity index (χ2n) is 8.60. The number of aliphatic carboxylic acids is 2. The third-order valence-corrected chi connectivity index (χ3v) is 6.15. The maximum absolute atomic E-state index is 12.8. The van der Waals surface area contributed by atoms with Crippen LogP contribution in [0.5, 0.6) is 0 Å². The molecular formula is C24H35N3O5. The summed E-state index contributed by atoms with van der Waals surface area (Å²) in [5.74, 6) is -2.37. The third-order valence-electron chi connectivity index (χ3n) is 6.15. The van der Waals surface area contributed by atoms with Gasteiger partial charge in [-0.3, -0.25) is 9.69 Å². The Hall–Kier alpha value is -2.87. The van der Waals surface area contributed by atoms with Crippen LogP contribution in [0.15, 0.2) is 36.4 Å². The molecule has 1 amide bonds. The van der Waals surface area contributed by atoms with Crippen molar-refractivity contribution in [3.63, 3.8) is 0 Å². The summed E-state index contributed by atoms with van der Waals surface area (Å²) in [4.78, 5) is 38.5. The number of carbonyl (C=O) groups excluding carboxylic acids is 1. The maximum Gasteiger partial charge on any atom is 0.328 e. The lowest BCUT2D eigenvalue weighted by Gasteiger charge is -2.32. The Bertz CT molecular complexity index is 784. The molecule has 1 aromatic carbocycles. The Morgan fingerprint density at radius 1 is 0.906 bits per heavy atom. The lowest BCUT2D eigenvalue weighted by molar-refractivity contribution is -0.134. The van der Waals surface area contributed by atoms with Crippen LogP contribution in [0.4, 0.5) is 5.69 Å². The van der Waals surface area contributed by atoms with E-state index in [1.807, 2.05) is 50.3 Å². The topological polar surface area (TPSA) is 101 Å². The van der Waals surface area contributed by atoms with Crippen LogP contribution < -0.4 is 4.90 Å². The zero-order valence-corrected chi connectivity index (χ0v) is 19.2. The molecule has 0 bridgehead atoms. The summed E-state index contributed by atoms with van der Waals surface area (Å²) in [5.41, 5.74) is 1.91. The molecule has 1 heterocycles. The highest BCUT2D eigenvalue weighted by molar-refractivity contribution is 5.94. The zero-order chi connectivity index (χ0) is 23.7. The van der Waals surface area contributed by atoms with Gasteiger partial charge in [0.1, 0.15) is 0 Å². The standard InChI is InChI=1S/C20H31N3O.C4H4O4/c1-21(2)17-11-9-16(10-12-17)20(24)22(3)19-13-14-23(15-19)18-7-5-4-6-8-18;5-3(6)1-2-4(7)8/h9-12,18-19H,4-8,13-15H2,1-3H3;1-2H,(H,5,6)(H,7,8).